The van der Waals surface area contributed by atoms with E-state index in [1.807, 2.05) is 27.7 Å². The summed E-state index contributed by atoms with van der Waals surface area (Å²) in [6, 6.07) is 0. The van der Waals surface area contributed by atoms with Crippen LogP contribution in [0.3, 0.4) is 0 Å². The first-order chi connectivity index (χ1) is 15.2. The second-order valence-corrected chi connectivity index (χ2v) is 12.3. The molecule has 0 aromatic carbocycles. The first kappa shape index (κ1) is 32.6. The monoisotopic (exact) mass is 497 g/mol. The van der Waals surface area contributed by atoms with E-state index in [4.69, 9.17) is 23.8 Å². The predicted octanol–water partition coefficient (Wildman–Crippen LogP) is 6.47. The average molecular weight is 498 g/mol. The van der Waals surface area contributed by atoms with Crippen LogP contribution in [0.1, 0.15) is 94.9 Å². The van der Waals surface area contributed by atoms with Crippen LogP contribution in [-0.4, -0.2) is 60.9 Å². The Morgan fingerprint density at radius 1 is 0.719 bits per heavy atom. The second kappa shape index (κ2) is 17.1. The van der Waals surface area contributed by atoms with Crippen LogP contribution in [0.5, 0.6) is 0 Å². The number of hydroxylamine groups is 1. The molecule has 8 heteroatoms. The van der Waals surface area contributed by atoms with Gasteiger partial charge < -0.3 is 18.9 Å². The van der Waals surface area contributed by atoms with E-state index >= 15 is 0 Å². The lowest BCUT2D eigenvalue weighted by Gasteiger charge is -2.43. The maximum absolute atomic E-state index is 6.39. The minimum atomic E-state index is -0.548. The molecule has 194 valence electrons. The summed E-state index contributed by atoms with van der Waals surface area (Å²) in [7, 11) is 0.994. The van der Waals surface area contributed by atoms with Gasteiger partial charge in [0.25, 0.3) is 0 Å². The van der Waals surface area contributed by atoms with Crippen molar-refractivity contribution >= 4 is 17.2 Å². The van der Waals surface area contributed by atoms with Gasteiger partial charge >= 0.3 is 0 Å². The van der Waals surface area contributed by atoms with Crippen LogP contribution in [0.25, 0.3) is 0 Å². The highest BCUT2D eigenvalue weighted by Crippen LogP contribution is 2.49. The molecule has 0 radical (unpaired) electrons. The molecule has 0 saturated heterocycles. The highest BCUT2D eigenvalue weighted by Gasteiger charge is 2.42. The molecule has 6 nitrogen and oxygen atoms in total. The number of rotatable bonds is 21. The molecule has 0 rings (SSSR count). The van der Waals surface area contributed by atoms with Gasteiger partial charge in [-0.25, -0.2) is 5.48 Å². The molecule has 0 heterocycles. The van der Waals surface area contributed by atoms with Crippen LogP contribution >= 0.6 is 17.2 Å². The van der Waals surface area contributed by atoms with E-state index in [1.54, 1.807) is 0 Å². The summed E-state index contributed by atoms with van der Waals surface area (Å²) in [6.07, 6.45) is 3.58. The minimum absolute atomic E-state index is 0.243. The Bertz CT molecular complexity index is 460. The van der Waals surface area contributed by atoms with E-state index in [-0.39, 0.29) is 11.3 Å². The number of nitrogens with one attached hydrogen (secondary N) is 1. The summed E-state index contributed by atoms with van der Waals surface area (Å²) in [5, 5.41) is 0. The molecule has 5 atom stereocenters. The third-order valence-electron chi connectivity index (χ3n) is 5.63. The van der Waals surface area contributed by atoms with E-state index in [0.29, 0.717) is 49.2 Å². The Hall–Kier alpha value is 0.620. The number of hydrogen-bond donors (Lipinski definition) is 1. The molecule has 0 aromatic heterocycles. The number of hydrogen-bond acceptors (Lipinski definition) is 6. The Morgan fingerprint density at radius 3 is 1.53 bits per heavy atom. The Kier molecular flexibility index (Phi) is 17.4. The number of ether oxygens (including phenoxy) is 4. The summed E-state index contributed by atoms with van der Waals surface area (Å²) in [5.41, 5.74) is 2.42. The zero-order valence-electron chi connectivity index (χ0n) is 22.6. The van der Waals surface area contributed by atoms with Crippen molar-refractivity contribution in [2.75, 3.05) is 33.0 Å². The summed E-state index contributed by atoms with van der Waals surface area (Å²) in [4.78, 5) is 6.39. The lowest BCUT2D eigenvalue weighted by Crippen LogP contribution is -2.47. The normalized spacial score (nSPS) is 17.4. The molecule has 0 amide bonds. The summed E-state index contributed by atoms with van der Waals surface area (Å²) >= 11 is 0. The first-order valence-corrected chi connectivity index (χ1v) is 14.8. The molecular weight excluding hydrogens is 444 g/mol. The zero-order valence-corrected chi connectivity index (χ0v) is 24.6. The predicted molar refractivity (Wildman–Crippen MR) is 141 cm³/mol. The molecule has 0 fully saturated rings. The molecule has 0 bridgehead atoms. The maximum Gasteiger partial charge on any atom is 0.183 e. The molecular formula is C24H53NO5P2. The smallest absolute Gasteiger partial charge is 0.183 e. The largest absolute Gasteiger partial charge is 0.347 e. The molecule has 0 aromatic rings. The lowest BCUT2D eigenvalue weighted by atomic mass is 9.96. The van der Waals surface area contributed by atoms with Crippen molar-refractivity contribution in [3.63, 3.8) is 0 Å². The van der Waals surface area contributed by atoms with E-state index in [9.17, 15) is 0 Å². The second-order valence-electron chi connectivity index (χ2n) is 8.37. The molecule has 5 unspecified atom stereocenters. The van der Waals surface area contributed by atoms with Gasteiger partial charge in [0.1, 0.15) is 0 Å². The van der Waals surface area contributed by atoms with Gasteiger partial charge in [0.2, 0.25) is 0 Å². The third-order valence-corrected chi connectivity index (χ3v) is 9.53. The third kappa shape index (κ3) is 10.9. The van der Waals surface area contributed by atoms with Gasteiger partial charge in [0, 0.05) is 51.5 Å². The summed E-state index contributed by atoms with van der Waals surface area (Å²) < 4.78 is 24.5. The Morgan fingerprint density at radius 2 is 1.16 bits per heavy atom. The van der Waals surface area contributed by atoms with E-state index in [2.05, 4.69) is 47.0 Å². The van der Waals surface area contributed by atoms with Crippen molar-refractivity contribution in [3.05, 3.63) is 0 Å². The van der Waals surface area contributed by atoms with Gasteiger partial charge in [0.05, 0.1) is 5.60 Å². The zero-order chi connectivity index (χ0) is 24.7. The Labute approximate surface area is 202 Å². The lowest BCUT2D eigenvalue weighted by molar-refractivity contribution is -0.172. The van der Waals surface area contributed by atoms with Gasteiger partial charge in [-0.3, -0.25) is 4.84 Å². The van der Waals surface area contributed by atoms with Crippen LogP contribution in [0.4, 0.5) is 0 Å². The van der Waals surface area contributed by atoms with Crippen molar-refractivity contribution in [2.45, 2.75) is 123 Å². The van der Waals surface area contributed by atoms with Gasteiger partial charge in [-0.2, -0.15) is 0 Å². The average Bonchev–Trinajstić information content (AvgIpc) is 2.74. The molecule has 0 aliphatic carbocycles. The van der Waals surface area contributed by atoms with Gasteiger partial charge in [-0.1, -0.05) is 51.8 Å². The fraction of sp³-hybridized carbons (Fsp3) is 1.00. The van der Waals surface area contributed by atoms with Crippen LogP contribution in [0.15, 0.2) is 0 Å². The van der Waals surface area contributed by atoms with Crippen LogP contribution in [0, 0.1) is 0 Å². The molecule has 1 N–H and O–H groups in total. The molecule has 32 heavy (non-hydrogen) atoms. The van der Waals surface area contributed by atoms with Crippen molar-refractivity contribution in [1.29, 1.82) is 0 Å². The standard InChI is InChI=1S/C24H53NO5P2/c1-11-18-25-30-22(10,21(9)32-24(13-3,28-16-6)29-17-7)19-20(8)31-23(12-2,26-14-4)27-15-5/h20-21,25,31-32H,11-19H2,1-10H3. The first-order valence-electron chi connectivity index (χ1n) is 12.7. The van der Waals surface area contributed by atoms with Gasteiger partial charge in [0.15, 0.2) is 11.1 Å². The topological polar surface area (TPSA) is 58.2 Å². The van der Waals surface area contributed by atoms with Crippen LogP contribution in [-0.2, 0) is 23.8 Å². The molecule has 0 spiro atoms. The highest BCUT2D eigenvalue weighted by molar-refractivity contribution is 7.40. The van der Waals surface area contributed by atoms with E-state index < -0.39 is 11.1 Å². The molecule has 0 aliphatic rings. The molecule has 0 saturated carbocycles. The van der Waals surface area contributed by atoms with Gasteiger partial charge in [-0.05, 0) is 53.1 Å². The van der Waals surface area contributed by atoms with Crippen molar-refractivity contribution in [3.8, 4) is 0 Å². The van der Waals surface area contributed by atoms with Crippen molar-refractivity contribution in [1.82, 2.24) is 5.48 Å². The van der Waals surface area contributed by atoms with Crippen molar-refractivity contribution in [2.24, 2.45) is 0 Å². The summed E-state index contributed by atoms with van der Waals surface area (Å²) in [6.45, 7) is 24.8. The quantitative estimate of drug-likeness (QED) is 0.0848. The summed E-state index contributed by atoms with van der Waals surface area (Å²) in [5.74, 6) is 0. The SMILES string of the molecule is CCCNOC(C)(CC(C)PC(CC)(OCC)OCC)C(C)PC(CC)(OCC)OCC. The van der Waals surface area contributed by atoms with E-state index in [0.717, 1.165) is 32.2 Å². The minimum Gasteiger partial charge on any atom is -0.347 e. The van der Waals surface area contributed by atoms with Crippen LogP contribution in [0.2, 0.25) is 0 Å². The Balaban J connectivity index is 5.64. The van der Waals surface area contributed by atoms with E-state index in [1.165, 1.54) is 0 Å². The van der Waals surface area contributed by atoms with Gasteiger partial charge in [-0.15, -0.1) is 0 Å². The fourth-order valence-corrected chi connectivity index (χ4v) is 7.66. The maximum atomic E-state index is 6.39. The highest BCUT2D eigenvalue weighted by atomic mass is 31.1. The van der Waals surface area contributed by atoms with Crippen LogP contribution < -0.4 is 5.48 Å². The fourth-order valence-electron chi connectivity index (χ4n) is 3.94. The molecule has 0 aliphatic heterocycles. The van der Waals surface area contributed by atoms with Crippen molar-refractivity contribution < 1.29 is 23.8 Å².